The normalized spacial score (nSPS) is 21.3. The lowest BCUT2D eigenvalue weighted by Gasteiger charge is -2.34. The van der Waals surface area contributed by atoms with Gasteiger partial charge in [0.2, 0.25) is 5.91 Å². The van der Waals surface area contributed by atoms with E-state index in [-0.39, 0.29) is 24.2 Å². The van der Waals surface area contributed by atoms with Crippen LogP contribution in [0.15, 0.2) is 24.3 Å². The van der Waals surface area contributed by atoms with Crippen LogP contribution in [0.25, 0.3) is 6.08 Å². The van der Waals surface area contributed by atoms with Gasteiger partial charge in [-0.15, -0.1) is 0 Å². The van der Waals surface area contributed by atoms with Crippen molar-refractivity contribution in [3.8, 4) is 11.5 Å². The molecule has 1 aliphatic rings. The Balaban J connectivity index is 2.06. The van der Waals surface area contributed by atoms with Crippen molar-refractivity contribution in [2.75, 3.05) is 20.2 Å². The van der Waals surface area contributed by atoms with E-state index in [9.17, 15) is 4.79 Å². The van der Waals surface area contributed by atoms with E-state index in [1.165, 1.54) is 0 Å². The van der Waals surface area contributed by atoms with Crippen LogP contribution in [0.4, 0.5) is 0 Å². The number of ether oxygens (including phenoxy) is 3. The second-order valence-electron chi connectivity index (χ2n) is 6.41. The first-order valence-corrected chi connectivity index (χ1v) is 8.36. The largest absolute Gasteiger partial charge is 0.493 e. The predicted octanol–water partition coefficient (Wildman–Crippen LogP) is 3.13. The average Bonchev–Trinajstić information content (AvgIpc) is 2.52. The van der Waals surface area contributed by atoms with Crippen LogP contribution in [-0.4, -0.2) is 49.3 Å². The summed E-state index contributed by atoms with van der Waals surface area (Å²) in [6, 6.07) is 5.64. The Morgan fingerprint density at radius 2 is 1.92 bits per heavy atom. The fourth-order valence-corrected chi connectivity index (χ4v) is 2.77. The van der Waals surface area contributed by atoms with Crippen molar-refractivity contribution < 1.29 is 19.0 Å². The summed E-state index contributed by atoms with van der Waals surface area (Å²) in [7, 11) is 1.61. The van der Waals surface area contributed by atoms with Crippen molar-refractivity contribution in [1.29, 1.82) is 0 Å². The standard InChI is InChI=1S/C19H27NO4/c1-13(2)23-17-8-6-16(10-18(17)22-5)7-9-19(21)20-11-14(3)24-15(4)12-20/h6-10,13-15H,11-12H2,1-5H3. The molecule has 0 aromatic heterocycles. The molecule has 0 radical (unpaired) electrons. The highest BCUT2D eigenvalue weighted by Gasteiger charge is 2.24. The molecule has 0 spiro atoms. The lowest BCUT2D eigenvalue weighted by molar-refractivity contribution is -0.137. The van der Waals surface area contributed by atoms with Crippen molar-refractivity contribution in [2.24, 2.45) is 0 Å². The van der Waals surface area contributed by atoms with Crippen LogP contribution in [-0.2, 0) is 9.53 Å². The van der Waals surface area contributed by atoms with Crippen LogP contribution in [0.3, 0.4) is 0 Å². The summed E-state index contributed by atoms with van der Waals surface area (Å²) in [5, 5.41) is 0. The second kappa shape index (κ2) is 8.20. The number of nitrogens with zero attached hydrogens (tertiary/aromatic N) is 1. The molecule has 5 heteroatoms. The van der Waals surface area contributed by atoms with Crippen molar-refractivity contribution in [2.45, 2.75) is 46.0 Å². The lowest BCUT2D eigenvalue weighted by Crippen LogP contribution is -2.47. The van der Waals surface area contributed by atoms with E-state index in [0.29, 0.717) is 24.6 Å². The van der Waals surface area contributed by atoms with E-state index < -0.39 is 0 Å². The van der Waals surface area contributed by atoms with Gasteiger partial charge in [0, 0.05) is 19.2 Å². The maximum Gasteiger partial charge on any atom is 0.246 e. The van der Waals surface area contributed by atoms with E-state index in [1.807, 2.05) is 50.8 Å². The topological polar surface area (TPSA) is 48.0 Å². The third kappa shape index (κ3) is 4.99. The Labute approximate surface area is 144 Å². The number of benzene rings is 1. The third-order valence-electron chi connectivity index (χ3n) is 3.70. The summed E-state index contributed by atoms with van der Waals surface area (Å²) in [6.45, 7) is 9.15. The molecule has 1 aromatic carbocycles. The fourth-order valence-electron chi connectivity index (χ4n) is 2.77. The van der Waals surface area contributed by atoms with E-state index in [0.717, 1.165) is 5.56 Å². The van der Waals surface area contributed by atoms with E-state index >= 15 is 0 Å². The first kappa shape index (κ1) is 18.3. The molecular formula is C19H27NO4. The Bertz CT molecular complexity index is 587. The van der Waals surface area contributed by atoms with Crippen LogP contribution in [0.5, 0.6) is 11.5 Å². The molecule has 0 N–H and O–H groups in total. The molecule has 2 rings (SSSR count). The zero-order valence-electron chi connectivity index (χ0n) is 15.1. The third-order valence-corrected chi connectivity index (χ3v) is 3.70. The van der Waals surface area contributed by atoms with Gasteiger partial charge < -0.3 is 19.1 Å². The minimum Gasteiger partial charge on any atom is -0.493 e. The van der Waals surface area contributed by atoms with Crippen molar-refractivity contribution >= 4 is 12.0 Å². The molecule has 0 bridgehead atoms. The molecule has 0 aliphatic carbocycles. The molecule has 1 fully saturated rings. The van der Waals surface area contributed by atoms with Gasteiger partial charge in [-0.2, -0.15) is 0 Å². The van der Waals surface area contributed by atoms with Crippen LogP contribution >= 0.6 is 0 Å². The number of hydrogen-bond acceptors (Lipinski definition) is 4. The number of amides is 1. The maximum atomic E-state index is 12.4. The van der Waals surface area contributed by atoms with Gasteiger partial charge in [0.1, 0.15) is 0 Å². The quantitative estimate of drug-likeness (QED) is 0.777. The number of carbonyl (C=O) groups excluding carboxylic acids is 1. The van der Waals surface area contributed by atoms with Crippen LogP contribution < -0.4 is 9.47 Å². The molecule has 132 valence electrons. The predicted molar refractivity (Wildman–Crippen MR) is 94.4 cm³/mol. The van der Waals surface area contributed by atoms with Gasteiger partial charge in [-0.1, -0.05) is 6.07 Å². The Morgan fingerprint density at radius 1 is 1.25 bits per heavy atom. The molecule has 1 saturated heterocycles. The molecule has 1 aliphatic heterocycles. The molecule has 2 unspecified atom stereocenters. The molecule has 0 saturated carbocycles. The molecule has 24 heavy (non-hydrogen) atoms. The minimum absolute atomic E-state index is 0.00141. The first-order chi connectivity index (χ1) is 11.4. The lowest BCUT2D eigenvalue weighted by atomic mass is 10.1. The minimum atomic E-state index is -0.00141. The summed E-state index contributed by atoms with van der Waals surface area (Å²) in [6.07, 6.45) is 3.61. The van der Waals surface area contributed by atoms with Crippen LogP contribution in [0.2, 0.25) is 0 Å². The number of rotatable bonds is 5. The summed E-state index contributed by atoms with van der Waals surface area (Å²) >= 11 is 0. The SMILES string of the molecule is COc1cc(C=CC(=O)N2CC(C)OC(C)C2)ccc1OC(C)C. The highest BCUT2D eigenvalue weighted by molar-refractivity contribution is 5.92. The zero-order chi connectivity index (χ0) is 17.7. The zero-order valence-corrected chi connectivity index (χ0v) is 15.1. The molecule has 5 nitrogen and oxygen atoms in total. The van der Waals surface area contributed by atoms with Gasteiger partial charge in [0.25, 0.3) is 0 Å². The summed E-state index contributed by atoms with van der Waals surface area (Å²) in [5.74, 6) is 1.36. The highest BCUT2D eigenvalue weighted by atomic mass is 16.5. The molecule has 2 atom stereocenters. The maximum absolute atomic E-state index is 12.4. The summed E-state index contributed by atoms with van der Waals surface area (Å²) < 4.78 is 16.7. The Kier molecular flexibility index (Phi) is 6.26. The smallest absolute Gasteiger partial charge is 0.246 e. The van der Waals surface area contributed by atoms with E-state index in [4.69, 9.17) is 14.2 Å². The number of carbonyl (C=O) groups is 1. The number of morpholine rings is 1. The molecule has 1 aromatic rings. The van der Waals surface area contributed by atoms with Crippen molar-refractivity contribution in [3.05, 3.63) is 29.8 Å². The van der Waals surface area contributed by atoms with Gasteiger partial charge in [-0.25, -0.2) is 0 Å². The first-order valence-electron chi connectivity index (χ1n) is 8.36. The number of hydrogen-bond donors (Lipinski definition) is 0. The molecular weight excluding hydrogens is 306 g/mol. The van der Waals surface area contributed by atoms with Crippen molar-refractivity contribution in [3.63, 3.8) is 0 Å². The summed E-state index contributed by atoms with van der Waals surface area (Å²) in [4.78, 5) is 14.2. The van der Waals surface area contributed by atoms with Crippen LogP contribution in [0, 0.1) is 0 Å². The van der Waals surface area contributed by atoms with Gasteiger partial charge in [0.05, 0.1) is 25.4 Å². The fraction of sp³-hybridized carbons (Fsp3) is 0.526. The second-order valence-corrected chi connectivity index (χ2v) is 6.41. The van der Waals surface area contributed by atoms with Gasteiger partial charge in [-0.05, 0) is 51.5 Å². The Hall–Kier alpha value is -2.01. The van der Waals surface area contributed by atoms with E-state index in [2.05, 4.69) is 0 Å². The monoisotopic (exact) mass is 333 g/mol. The van der Waals surface area contributed by atoms with Gasteiger partial charge in [0.15, 0.2) is 11.5 Å². The van der Waals surface area contributed by atoms with Crippen LogP contribution in [0.1, 0.15) is 33.3 Å². The van der Waals surface area contributed by atoms with E-state index in [1.54, 1.807) is 19.3 Å². The highest BCUT2D eigenvalue weighted by Crippen LogP contribution is 2.29. The van der Waals surface area contributed by atoms with Gasteiger partial charge in [-0.3, -0.25) is 4.79 Å². The van der Waals surface area contributed by atoms with Gasteiger partial charge >= 0.3 is 0 Å². The number of methoxy groups -OCH3 is 1. The Morgan fingerprint density at radius 3 is 2.50 bits per heavy atom. The van der Waals surface area contributed by atoms with Crippen molar-refractivity contribution in [1.82, 2.24) is 4.90 Å². The molecule has 1 amide bonds. The molecule has 1 heterocycles. The average molecular weight is 333 g/mol. The summed E-state index contributed by atoms with van der Waals surface area (Å²) in [5.41, 5.74) is 0.894.